The molecule has 11 heavy (non-hydrogen) atoms. The van der Waals surface area contributed by atoms with Gasteiger partial charge in [0, 0.05) is 12.4 Å². The minimum Gasteiger partial charge on any atom is -0.377 e. The maximum atomic E-state index is 8.44. The van der Waals surface area contributed by atoms with Gasteiger partial charge in [-0.3, -0.25) is 0 Å². The van der Waals surface area contributed by atoms with Gasteiger partial charge >= 0.3 is 0 Å². The summed E-state index contributed by atoms with van der Waals surface area (Å²) >= 11 is 4.82. The van der Waals surface area contributed by atoms with E-state index in [4.69, 9.17) is 17.3 Å². The monoisotopic (exact) mass is 169 g/mol. The first-order valence-electron chi connectivity index (χ1n) is 3.00. The third-order valence-corrected chi connectivity index (χ3v) is 1.34. The van der Waals surface area contributed by atoms with Crippen LogP contribution in [0.25, 0.3) is 0 Å². The van der Waals surface area contributed by atoms with E-state index >= 15 is 0 Å². The van der Waals surface area contributed by atoms with Gasteiger partial charge in [0.15, 0.2) is 5.82 Å². The smallest absolute Gasteiger partial charge is 0.187 e. The lowest BCUT2D eigenvalue weighted by Crippen LogP contribution is -2.24. The number of nitrogens with one attached hydrogen (secondary N) is 1. The van der Waals surface area contributed by atoms with Crippen LogP contribution in [0, 0.1) is 0 Å². The second-order valence-electron chi connectivity index (χ2n) is 1.74. The van der Waals surface area contributed by atoms with Crippen molar-refractivity contribution < 1.29 is 5.11 Å². The van der Waals surface area contributed by atoms with Crippen LogP contribution < -0.4 is 5.32 Å². The minimum absolute atomic E-state index is 0.197. The summed E-state index contributed by atoms with van der Waals surface area (Å²) in [6.45, 7) is -0.197. The zero-order valence-electron chi connectivity index (χ0n) is 5.69. The third-order valence-electron chi connectivity index (χ3n) is 1.01. The van der Waals surface area contributed by atoms with E-state index in [-0.39, 0.29) is 6.73 Å². The molecule has 0 aromatic carbocycles. The van der Waals surface area contributed by atoms with E-state index < -0.39 is 0 Å². The zero-order chi connectivity index (χ0) is 8.10. The third kappa shape index (κ3) is 2.21. The first-order valence-corrected chi connectivity index (χ1v) is 3.41. The number of hydrogen-bond acceptors (Lipinski definition) is 4. The van der Waals surface area contributed by atoms with Crippen molar-refractivity contribution in [3.05, 3.63) is 24.3 Å². The van der Waals surface area contributed by atoms with Gasteiger partial charge in [0.1, 0.15) is 11.7 Å². The molecule has 0 atom stereocenters. The largest absolute Gasteiger partial charge is 0.377 e. The molecule has 0 aliphatic rings. The van der Waals surface area contributed by atoms with Crippen molar-refractivity contribution in [2.75, 3.05) is 6.73 Å². The highest BCUT2D eigenvalue weighted by Gasteiger charge is 1.99. The molecule has 5 heteroatoms. The molecular weight excluding hydrogens is 162 g/mol. The van der Waals surface area contributed by atoms with Crippen LogP contribution >= 0.6 is 12.2 Å². The maximum Gasteiger partial charge on any atom is 0.187 e. The van der Waals surface area contributed by atoms with Gasteiger partial charge in [0.2, 0.25) is 0 Å². The zero-order valence-corrected chi connectivity index (χ0v) is 6.51. The SMILES string of the molecule is OCNC(=S)c1ncccn1. The second-order valence-corrected chi connectivity index (χ2v) is 2.14. The highest BCUT2D eigenvalue weighted by Crippen LogP contribution is 1.87. The highest BCUT2D eigenvalue weighted by molar-refractivity contribution is 7.80. The number of aliphatic hydroxyl groups is 1. The molecule has 0 radical (unpaired) electrons. The molecular formula is C6H7N3OS. The van der Waals surface area contributed by atoms with E-state index in [1.807, 2.05) is 0 Å². The average Bonchev–Trinajstić information content (AvgIpc) is 2.07. The average molecular weight is 169 g/mol. The van der Waals surface area contributed by atoms with Crippen LogP contribution in [0.15, 0.2) is 18.5 Å². The van der Waals surface area contributed by atoms with Crippen LogP contribution in [0.1, 0.15) is 5.82 Å². The van der Waals surface area contributed by atoms with E-state index in [1.165, 1.54) is 0 Å². The van der Waals surface area contributed by atoms with Crippen molar-refractivity contribution in [3.63, 3.8) is 0 Å². The minimum atomic E-state index is -0.197. The normalized spacial score (nSPS) is 9.18. The summed E-state index contributed by atoms with van der Waals surface area (Å²) in [6, 6.07) is 1.70. The van der Waals surface area contributed by atoms with Crippen molar-refractivity contribution in [1.29, 1.82) is 0 Å². The Labute approximate surface area is 69.3 Å². The van der Waals surface area contributed by atoms with Crippen molar-refractivity contribution in [2.45, 2.75) is 0 Å². The summed E-state index contributed by atoms with van der Waals surface area (Å²) in [6.07, 6.45) is 3.18. The number of rotatable bonds is 2. The van der Waals surface area contributed by atoms with E-state index in [0.29, 0.717) is 10.8 Å². The van der Waals surface area contributed by atoms with Crippen molar-refractivity contribution in [2.24, 2.45) is 0 Å². The van der Waals surface area contributed by atoms with E-state index in [2.05, 4.69) is 15.3 Å². The summed E-state index contributed by atoms with van der Waals surface area (Å²) in [5, 5.41) is 11.0. The lowest BCUT2D eigenvalue weighted by molar-refractivity contribution is 0.287. The predicted molar refractivity (Wildman–Crippen MR) is 44.0 cm³/mol. The number of thiocarbonyl (C=S) groups is 1. The van der Waals surface area contributed by atoms with Crippen molar-refractivity contribution in [1.82, 2.24) is 15.3 Å². The Balaban J connectivity index is 2.69. The van der Waals surface area contributed by atoms with Crippen LogP contribution in [0.2, 0.25) is 0 Å². The molecule has 0 spiro atoms. The van der Waals surface area contributed by atoms with Gasteiger partial charge in [-0.15, -0.1) is 0 Å². The molecule has 1 rings (SSSR count). The van der Waals surface area contributed by atoms with Gasteiger partial charge in [-0.1, -0.05) is 12.2 Å². The predicted octanol–water partition coefficient (Wildman–Crippen LogP) is -0.308. The molecule has 1 heterocycles. The van der Waals surface area contributed by atoms with E-state index in [0.717, 1.165) is 0 Å². The van der Waals surface area contributed by atoms with Crippen LogP contribution in [-0.2, 0) is 0 Å². The van der Waals surface area contributed by atoms with Gasteiger partial charge in [-0.2, -0.15) is 0 Å². The molecule has 1 aromatic heterocycles. The first-order chi connectivity index (χ1) is 5.34. The number of aliphatic hydroxyl groups excluding tert-OH is 1. The summed E-state index contributed by atoms with van der Waals surface area (Å²) in [5.41, 5.74) is 0. The Kier molecular flexibility index (Phi) is 2.88. The Morgan fingerprint density at radius 1 is 1.55 bits per heavy atom. The number of aromatic nitrogens is 2. The van der Waals surface area contributed by atoms with Crippen LogP contribution in [-0.4, -0.2) is 26.8 Å². The van der Waals surface area contributed by atoms with Crippen molar-refractivity contribution >= 4 is 17.2 Å². The molecule has 0 aliphatic heterocycles. The summed E-state index contributed by atoms with van der Waals surface area (Å²) in [7, 11) is 0. The molecule has 58 valence electrons. The molecule has 0 aliphatic carbocycles. The number of nitrogens with zero attached hydrogens (tertiary/aromatic N) is 2. The maximum absolute atomic E-state index is 8.44. The molecule has 0 saturated heterocycles. The fourth-order valence-corrected chi connectivity index (χ4v) is 0.737. The summed E-state index contributed by atoms with van der Waals surface area (Å²) in [4.78, 5) is 8.10. The molecule has 0 fully saturated rings. The lowest BCUT2D eigenvalue weighted by Gasteiger charge is -2.00. The standard InChI is InChI=1S/C6H7N3OS/c10-4-9-6(11)5-7-2-1-3-8-5/h1-3,10H,4H2,(H,9,11). The van der Waals surface area contributed by atoms with Gasteiger partial charge in [0.05, 0.1) is 0 Å². The van der Waals surface area contributed by atoms with Gasteiger partial charge in [-0.05, 0) is 6.07 Å². The highest BCUT2D eigenvalue weighted by atomic mass is 32.1. The molecule has 0 amide bonds. The van der Waals surface area contributed by atoms with Crippen LogP contribution in [0.5, 0.6) is 0 Å². The Bertz CT molecular complexity index is 239. The molecule has 2 N–H and O–H groups in total. The molecule has 0 unspecified atom stereocenters. The molecule has 4 nitrogen and oxygen atoms in total. The Hall–Kier alpha value is -1.07. The fourth-order valence-electron chi connectivity index (χ4n) is 0.567. The quantitative estimate of drug-likeness (QED) is 0.470. The van der Waals surface area contributed by atoms with Crippen molar-refractivity contribution in [3.8, 4) is 0 Å². The molecule has 0 saturated carbocycles. The van der Waals surface area contributed by atoms with Gasteiger partial charge in [-0.25, -0.2) is 9.97 Å². The van der Waals surface area contributed by atoms with Gasteiger partial charge < -0.3 is 10.4 Å². The van der Waals surface area contributed by atoms with Gasteiger partial charge in [0.25, 0.3) is 0 Å². The first kappa shape index (κ1) is 8.03. The Morgan fingerprint density at radius 3 is 2.73 bits per heavy atom. The summed E-state index contributed by atoms with van der Waals surface area (Å²) in [5.74, 6) is 0.427. The Morgan fingerprint density at radius 2 is 2.18 bits per heavy atom. The topological polar surface area (TPSA) is 58.0 Å². The second kappa shape index (κ2) is 3.95. The summed E-state index contributed by atoms with van der Waals surface area (Å²) < 4.78 is 0. The van der Waals surface area contributed by atoms with E-state index in [9.17, 15) is 0 Å². The van der Waals surface area contributed by atoms with Crippen LogP contribution in [0.4, 0.5) is 0 Å². The molecule has 0 bridgehead atoms. The molecule has 1 aromatic rings. The van der Waals surface area contributed by atoms with E-state index in [1.54, 1.807) is 18.5 Å². The lowest BCUT2D eigenvalue weighted by atomic mass is 10.5. The fraction of sp³-hybridized carbons (Fsp3) is 0.167. The number of hydrogen-bond donors (Lipinski definition) is 2. The van der Waals surface area contributed by atoms with Crippen LogP contribution in [0.3, 0.4) is 0 Å².